The number of halogens is 2. The van der Waals surface area contributed by atoms with E-state index in [-0.39, 0.29) is 18.0 Å². The van der Waals surface area contributed by atoms with Gasteiger partial charge in [0.1, 0.15) is 0 Å². The van der Waals surface area contributed by atoms with E-state index < -0.39 is 0 Å². The first-order valence-electron chi connectivity index (χ1n) is 10.0. The lowest BCUT2D eigenvalue weighted by molar-refractivity contribution is -0.0287. The zero-order chi connectivity index (χ0) is 22.2. The number of rotatable bonds is 7. The van der Waals surface area contributed by atoms with E-state index in [9.17, 15) is 9.59 Å². The van der Waals surface area contributed by atoms with Crippen LogP contribution in [-0.2, 0) is 17.8 Å². The van der Waals surface area contributed by atoms with Gasteiger partial charge in [0.15, 0.2) is 0 Å². The predicted octanol–water partition coefficient (Wildman–Crippen LogP) is 3.05. The van der Waals surface area contributed by atoms with E-state index >= 15 is 0 Å². The predicted molar refractivity (Wildman–Crippen MR) is 122 cm³/mol. The van der Waals surface area contributed by atoms with Crippen molar-refractivity contribution in [2.75, 3.05) is 33.3 Å². The minimum atomic E-state index is -0.282. The molecule has 2 aromatic rings. The van der Waals surface area contributed by atoms with Crippen LogP contribution in [-0.4, -0.2) is 56.2 Å². The summed E-state index contributed by atoms with van der Waals surface area (Å²) in [6, 6.07) is 12.5. The third-order valence-corrected chi connectivity index (χ3v) is 5.71. The van der Waals surface area contributed by atoms with Crippen molar-refractivity contribution in [3.8, 4) is 0 Å². The number of nitrogens with one attached hydrogen (secondary N) is 3. The molecule has 1 atom stereocenters. The molecule has 166 valence electrons. The van der Waals surface area contributed by atoms with Crippen molar-refractivity contribution in [2.24, 2.45) is 0 Å². The molecule has 0 radical (unpaired) electrons. The van der Waals surface area contributed by atoms with Crippen molar-refractivity contribution >= 4 is 35.1 Å². The Labute approximate surface area is 192 Å². The highest BCUT2D eigenvalue weighted by atomic mass is 35.5. The maximum absolute atomic E-state index is 12.2. The van der Waals surface area contributed by atoms with Crippen molar-refractivity contribution in [2.45, 2.75) is 19.2 Å². The summed E-state index contributed by atoms with van der Waals surface area (Å²) < 4.78 is 5.78. The molecule has 1 heterocycles. The minimum absolute atomic E-state index is 0.0983. The first-order chi connectivity index (χ1) is 14.9. The van der Waals surface area contributed by atoms with Gasteiger partial charge in [0.25, 0.3) is 5.91 Å². The zero-order valence-electron chi connectivity index (χ0n) is 17.3. The number of amides is 3. The fourth-order valence-corrected chi connectivity index (χ4v) is 3.68. The maximum Gasteiger partial charge on any atom is 0.315 e. The second kappa shape index (κ2) is 11.3. The molecule has 1 aliphatic rings. The molecule has 0 aliphatic carbocycles. The van der Waals surface area contributed by atoms with Crippen molar-refractivity contribution < 1.29 is 14.3 Å². The summed E-state index contributed by atoms with van der Waals surface area (Å²) >= 11 is 12.1. The Morgan fingerprint density at radius 1 is 1.10 bits per heavy atom. The molecule has 1 aliphatic heterocycles. The fraction of sp³-hybridized carbons (Fsp3) is 0.364. The van der Waals surface area contributed by atoms with Crippen LogP contribution in [0.25, 0.3) is 0 Å². The van der Waals surface area contributed by atoms with Crippen molar-refractivity contribution in [3.05, 3.63) is 69.2 Å². The van der Waals surface area contributed by atoms with Crippen LogP contribution < -0.4 is 16.0 Å². The van der Waals surface area contributed by atoms with Gasteiger partial charge in [0, 0.05) is 45.3 Å². The quantitative estimate of drug-likeness (QED) is 0.587. The molecule has 0 unspecified atom stereocenters. The normalized spacial score (nSPS) is 16.5. The molecule has 1 fully saturated rings. The highest BCUT2D eigenvalue weighted by molar-refractivity contribution is 6.42. The lowest BCUT2D eigenvalue weighted by Gasteiger charge is -2.33. The maximum atomic E-state index is 12.2. The van der Waals surface area contributed by atoms with Crippen LogP contribution in [0.3, 0.4) is 0 Å². The third kappa shape index (κ3) is 7.11. The standard InChI is InChI=1S/C22H26Cl2N4O3/c1-25-21(29)17-4-2-3-15(9-17)11-26-22(30)27-12-18-14-28(7-8-31-18)13-16-5-6-19(23)20(24)10-16/h2-6,9-10,18H,7-8,11-14H2,1H3,(H,25,29)(H2,26,27,30)/t18-/m0/s1. The summed E-state index contributed by atoms with van der Waals surface area (Å²) in [4.78, 5) is 26.2. The molecule has 3 rings (SSSR count). The van der Waals surface area contributed by atoms with Crippen LogP contribution in [0.2, 0.25) is 10.0 Å². The zero-order valence-corrected chi connectivity index (χ0v) is 18.8. The topological polar surface area (TPSA) is 82.7 Å². The average Bonchev–Trinajstić information content (AvgIpc) is 2.78. The van der Waals surface area contributed by atoms with Gasteiger partial charge in [-0.3, -0.25) is 9.69 Å². The van der Waals surface area contributed by atoms with E-state index in [4.69, 9.17) is 27.9 Å². The van der Waals surface area contributed by atoms with Gasteiger partial charge < -0.3 is 20.7 Å². The van der Waals surface area contributed by atoms with Crippen LogP contribution in [0.1, 0.15) is 21.5 Å². The Morgan fingerprint density at radius 2 is 1.94 bits per heavy atom. The van der Waals surface area contributed by atoms with Gasteiger partial charge in [0.05, 0.1) is 22.8 Å². The van der Waals surface area contributed by atoms with Gasteiger partial charge in [-0.15, -0.1) is 0 Å². The number of benzene rings is 2. The smallest absolute Gasteiger partial charge is 0.315 e. The van der Waals surface area contributed by atoms with Crippen LogP contribution in [0, 0.1) is 0 Å². The SMILES string of the molecule is CNC(=O)c1cccc(CNC(=O)NC[C@H]2CN(Cc3ccc(Cl)c(Cl)c3)CCO2)c1. The van der Waals surface area contributed by atoms with Gasteiger partial charge in [0.2, 0.25) is 0 Å². The van der Waals surface area contributed by atoms with Crippen molar-refractivity contribution in [3.63, 3.8) is 0 Å². The van der Waals surface area contributed by atoms with Gasteiger partial charge in [-0.1, -0.05) is 41.4 Å². The summed E-state index contributed by atoms with van der Waals surface area (Å²) in [5, 5.41) is 9.33. The first kappa shape index (κ1) is 23.3. The fourth-order valence-electron chi connectivity index (χ4n) is 3.36. The third-order valence-electron chi connectivity index (χ3n) is 4.97. The summed E-state index contributed by atoms with van der Waals surface area (Å²) in [5.74, 6) is -0.161. The first-order valence-corrected chi connectivity index (χ1v) is 10.8. The Hall–Kier alpha value is -2.32. The summed E-state index contributed by atoms with van der Waals surface area (Å²) in [6.45, 7) is 3.58. The van der Waals surface area contributed by atoms with E-state index in [1.165, 1.54) is 0 Å². The second-order valence-electron chi connectivity index (χ2n) is 7.32. The number of urea groups is 1. The summed E-state index contributed by atoms with van der Waals surface area (Å²) in [6.07, 6.45) is -0.0983. The van der Waals surface area contributed by atoms with Crippen LogP contribution in [0.4, 0.5) is 4.79 Å². The monoisotopic (exact) mass is 464 g/mol. The van der Waals surface area contributed by atoms with Gasteiger partial charge in [-0.25, -0.2) is 4.79 Å². The van der Waals surface area contributed by atoms with Crippen molar-refractivity contribution in [1.82, 2.24) is 20.9 Å². The molecule has 1 saturated heterocycles. The highest BCUT2D eigenvalue weighted by Crippen LogP contribution is 2.23. The van der Waals surface area contributed by atoms with Gasteiger partial charge in [-0.05, 0) is 35.4 Å². The lowest BCUT2D eigenvalue weighted by atomic mass is 10.1. The van der Waals surface area contributed by atoms with E-state index in [0.29, 0.717) is 41.8 Å². The minimum Gasteiger partial charge on any atom is -0.374 e. The molecular formula is C22H26Cl2N4O3. The molecule has 3 amide bonds. The molecule has 0 saturated carbocycles. The number of hydrogen-bond acceptors (Lipinski definition) is 4. The van der Waals surface area contributed by atoms with Crippen LogP contribution >= 0.6 is 23.2 Å². The number of ether oxygens (including phenoxy) is 1. The van der Waals surface area contributed by atoms with E-state index in [2.05, 4.69) is 20.9 Å². The van der Waals surface area contributed by atoms with Crippen LogP contribution in [0.15, 0.2) is 42.5 Å². The van der Waals surface area contributed by atoms with Gasteiger partial charge >= 0.3 is 6.03 Å². The van der Waals surface area contributed by atoms with Gasteiger partial charge in [-0.2, -0.15) is 0 Å². The van der Waals surface area contributed by atoms with Crippen LogP contribution in [0.5, 0.6) is 0 Å². The lowest BCUT2D eigenvalue weighted by Crippen LogP contribution is -2.48. The van der Waals surface area contributed by atoms with E-state index in [0.717, 1.165) is 24.2 Å². The second-order valence-corrected chi connectivity index (χ2v) is 8.13. The molecule has 0 bridgehead atoms. The van der Waals surface area contributed by atoms with Crippen molar-refractivity contribution in [1.29, 1.82) is 0 Å². The molecular weight excluding hydrogens is 439 g/mol. The molecule has 0 spiro atoms. The molecule has 31 heavy (non-hydrogen) atoms. The molecule has 0 aromatic heterocycles. The number of nitrogens with zero attached hydrogens (tertiary/aromatic N) is 1. The Balaban J connectivity index is 1.42. The number of carbonyl (C=O) groups excluding carboxylic acids is 2. The summed E-state index contributed by atoms with van der Waals surface area (Å²) in [5.41, 5.74) is 2.48. The molecule has 2 aromatic carbocycles. The largest absolute Gasteiger partial charge is 0.374 e. The Bertz CT molecular complexity index is 925. The number of hydrogen-bond donors (Lipinski definition) is 3. The average molecular weight is 465 g/mol. The van der Waals surface area contributed by atoms with E-state index in [1.807, 2.05) is 18.2 Å². The number of carbonyl (C=O) groups is 2. The number of morpholine rings is 1. The molecule has 3 N–H and O–H groups in total. The summed E-state index contributed by atoms with van der Waals surface area (Å²) in [7, 11) is 1.58. The molecule has 7 nitrogen and oxygen atoms in total. The molecule has 9 heteroatoms. The highest BCUT2D eigenvalue weighted by Gasteiger charge is 2.21. The Kier molecular flexibility index (Phi) is 8.54. The Morgan fingerprint density at radius 3 is 2.71 bits per heavy atom. The van der Waals surface area contributed by atoms with E-state index in [1.54, 1.807) is 31.3 Å².